The van der Waals surface area contributed by atoms with Crippen molar-refractivity contribution in [3.63, 3.8) is 0 Å². The molecule has 1 fully saturated rings. The Kier molecular flexibility index (Phi) is 8.08. The lowest BCUT2D eigenvalue weighted by atomic mass is 10.0. The van der Waals surface area contributed by atoms with Crippen molar-refractivity contribution >= 4 is 17.2 Å². The molecule has 0 spiro atoms. The molecule has 0 atom stereocenters. The number of carbonyl (C=O) groups excluding carboxylic acids is 1. The molecule has 218 valence electrons. The van der Waals surface area contributed by atoms with Gasteiger partial charge < -0.3 is 5.32 Å². The quantitative estimate of drug-likeness (QED) is 0.321. The van der Waals surface area contributed by atoms with Crippen LogP contribution >= 0.6 is 0 Å². The molecule has 0 aliphatic carbocycles. The molecule has 42 heavy (non-hydrogen) atoms. The third-order valence-corrected chi connectivity index (χ3v) is 7.49. The number of carbonyl (C=O) groups is 1. The molecule has 7 nitrogen and oxygen atoms in total. The minimum atomic E-state index is -4.55. The van der Waals surface area contributed by atoms with Crippen molar-refractivity contribution in [2.24, 2.45) is 0 Å². The number of amides is 1. The summed E-state index contributed by atoms with van der Waals surface area (Å²) >= 11 is 0. The zero-order valence-electron chi connectivity index (χ0n) is 24.1. The summed E-state index contributed by atoms with van der Waals surface area (Å²) in [5.74, 6) is 5.58. The Hall–Kier alpha value is -4.20. The topological polar surface area (TPSA) is 65.8 Å². The van der Waals surface area contributed by atoms with E-state index in [2.05, 4.69) is 52.9 Å². The van der Waals surface area contributed by atoms with E-state index >= 15 is 0 Å². The molecule has 1 amide bonds. The number of imidazole rings is 1. The fraction of sp³-hybridized carbons (Fsp3) is 0.344. The number of rotatable bonds is 4. The molecule has 2 aromatic carbocycles. The molecule has 1 aliphatic heterocycles. The highest BCUT2D eigenvalue weighted by atomic mass is 19.4. The Morgan fingerprint density at radius 1 is 1.00 bits per heavy atom. The summed E-state index contributed by atoms with van der Waals surface area (Å²) in [4.78, 5) is 21.7. The van der Waals surface area contributed by atoms with Crippen LogP contribution in [0.4, 0.5) is 18.9 Å². The summed E-state index contributed by atoms with van der Waals surface area (Å²) in [5.41, 5.74) is 2.58. The van der Waals surface area contributed by atoms with Crippen molar-refractivity contribution < 1.29 is 18.0 Å². The zero-order chi connectivity index (χ0) is 30.1. The summed E-state index contributed by atoms with van der Waals surface area (Å²) in [5, 5.41) is 6.88. The van der Waals surface area contributed by atoms with Crippen molar-refractivity contribution in [1.82, 2.24) is 24.4 Å². The SMILES string of the molecule is Cc1ccc(C(=O)Nc2ccc(CN3CCN(C(C)(C)C)CC3)c(C(F)(F)F)c2)cc1C#Cc1cnc2cccnn12. The number of hydrogen-bond donors (Lipinski definition) is 1. The third-order valence-electron chi connectivity index (χ3n) is 7.49. The highest BCUT2D eigenvalue weighted by Crippen LogP contribution is 2.35. The molecule has 1 N–H and O–H groups in total. The molecule has 1 aliphatic rings. The fourth-order valence-corrected chi connectivity index (χ4v) is 5.02. The van der Waals surface area contributed by atoms with Gasteiger partial charge in [-0.3, -0.25) is 14.6 Å². The molecule has 10 heteroatoms. The molecule has 0 radical (unpaired) electrons. The summed E-state index contributed by atoms with van der Waals surface area (Å²) < 4.78 is 43.9. The van der Waals surface area contributed by atoms with E-state index in [-0.39, 0.29) is 28.9 Å². The lowest BCUT2D eigenvalue weighted by molar-refractivity contribution is -0.138. The van der Waals surface area contributed by atoms with Crippen LogP contribution in [0.1, 0.15) is 59.1 Å². The van der Waals surface area contributed by atoms with Gasteiger partial charge in [0.2, 0.25) is 0 Å². The van der Waals surface area contributed by atoms with E-state index in [4.69, 9.17) is 0 Å². The summed E-state index contributed by atoms with van der Waals surface area (Å²) in [6.45, 7) is 11.5. The van der Waals surface area contributed by atoms with Crippen LogP contribution in [-0.4, -0.2) is 62.0 Å². The van der Waals surface area contributed by atoms with Crippen molar-refractivity contribution in [1.29, 1.82) is 0 Å². The standard InChI is InChI=1S/C32H33F3N6O/c1-22-7-8-24(18-23(22)10-12-27-20-36-29-6-5-13-37-41(27)29)30(42)38-26-11-9-25(28(19-26)32(33,34)35)21-39-14-16-40(17-15-39)31(2,3)4/h5-9,11,13,18-20H,14-17,21H2,1-4H3,(H,38,42). The van der Waals surface area contributed by atoms with E-state index in [1.807, 2.05) is 17.9 Å². The predicted octanol–water partition coefficient (Wildman–Crippen LogP) is 5.62. The molecule has 0 unspecified atom stereocenters. The lowest BCUT2D eigenvalue weighted by Gasteiger charge is -2.42. The minimum absolute atomic E-state index is 0.0282. The van der Waals surface area contributed by atoms with Gasteiger partial charge in [0.15, 0.2) is 5.65 Å². The number of hydrogen-bond acceptors (Lipinski definition) is 5. The monoisotopic (exact) mass is 574 g/mol. The largest absolute Gasteiger partial charge is 0.416 e. The molecule has 5 rings (SSSR count). The van der Waals surface area contributed by atoms with E-state index in [1.54, 1.807) is 41.2 Å². The number of aryl methyl sites for hydroxylation is 1. The second kappa shape index (κ2) is 11.6. The number of piperazine rings is 1. The van der Waals surface area contributed by atoms with Crippen molar-refractivity contribution in [3.05, 3.63) is 94.4 Å². The van der Waals surface area contributed by atoms with Gasteiger partial charge in [-0.25, -0.2) is 9.50 Å². The number of halogens is 3. The summed E-state index contributed by atoms with van der Waals surface area (Å²) in [6, 6.07) is 12.6. The number of fused-ring (bicyclic) bond motifs is 1. The van der Waals surface area contributed by atoms with Crippen molar-refractivity contribution in [3.8, 4) is 11.8 Å². The van der Waals surface area contributed by atoms with E-state index in [1.165, 1.54) is 12.1 Å². The molecule has 2 aromatic heterocycles. The second-order valence-corrected chi connectivity index (χ2v) is 11.5. The molecule has 3 heterocycles. The highest BCUT2D eigenvalue weighted by molar-refractivity contribution is 6.04. The van der Waals surface area contributed by atoms with Crippen LogP contribution in [0.25, 0.3) is 5.65 Å². The lowest BCUT2D eigenvalue weighted by Crippen LogP contribution is -2.53. The Bertz CT molecular complexity index is 1670. The Labute approximate surface area is 243 Å². The fourth-order valence-electron chi connectivity index (χ4n) is 5.02. The molecular formula is C32H33F3N6O. The van der Waals surface area contributed by atoms with Crippen molar-refractivity contribution in [2.75, 3.05) is 31.5 Å². The first-order valence-corrected chi connectivity index (χ1v) is 13.8. The highest BCUT2D eigenvalue weighted by Gasteiger charge is 2.35. The molecule has 1 saturated heterocycles. The Balaban J connectivity index is 1.32. The molecular weight excluding hydrogens is 541 g/mol. The van der Waals surface area contributed by atoms with E-state index in [0.717, 1.165) is 24.7 Å². The van der Waals surface area contributed by atoms with Gasteiger partial charge in [0.05, 0.1) is 11.8 Å². The van der Waals surface area contributed by atoms with Gasteiger partial charge in [-0.15, -0.1) is 0 Å². The molecule has 0 bridgehead atoms. The van der Waals surface area contributed by atoms with Crippen LogP contribution in [-0.2, 0) is 12.7 Å². The zero-order valence-corrected chi connectivity index (χ0v) is 24.1. The van der Waals surface area contributed by atoms with Gasteiger partial charge in [-0.1, -0.05) is 18.1 Å². The first-order valence-electron chi connectivity index (χ1n) is 13.8. The number of nitrogens with zero attached hydrogens (tertiary/aromatic N) is 5. The normalized spacial score (nSPS) is 14.9. The Morgan fingerprint density at radius 3 is 2.48 bits per heavy atom. The average Bonchev–Trinajstić information content (AvgIpc) is 3.35. The van der Waals surface area contributed by atoms with Gasteiger partial charge in [-0.2, -0.15) is 18.3 Å². The maximum Gasteiger partial charge on any atom is 0.416 e. The van der Waals surface area contributed by atoms with Crippen LogP contribution in [0, 0.1) is 18.8 Å². The first-order chi connectivity index (χ1) is 19.9. The second-order valence-electron chi connectivity index (χ2n) is 11.5. The van der Waals surface area contributed by atoms with Crippen LogP contribution in [0.15, 0.2) is 60.9 Å². The van der Waals surface area contributed by atoms with Gasteiger partial charge in [-0.05, 0) is 81.1 Å². The number of nitrogens with one attached hydrogen (secondary N) is 1. The number of aromatic nitrogens is 3. The number of anilines is 1. The van der Waals surface area contributed by atoms with Crippen LogP contribution in [0.2, 0.25) is 0 Å². The summed E-state index contributed by atoms with van der Waals surface area (Å²) in [7, 11) is 0. The first kappa shape index (κ1) is 29.3. The predicted molar refractivity (Wildman–Crippen MR) is 156 cm³/mol. The maximum absolute atomic E-state index is 14.1. The minimum Gasteiger partial charge on any atom is -0.322 e. The number of benzene rings is 2. The van der Waals surface area contributed by atoms with E-state index < -0.39 is 17.6 Å². The van der Waals surface area contributed by atoms with Gasteiger partial charge in [0, 0.05) is 61.3 Å². The van der Waals surface area contributed by atoms with Crippen molar-refractivity contribution in [2.45, 2.75) is 46.0 Å². The van der Waals surface area contributed by atoms with E-state index in [9.17, 15) is 18.0 Å². The van der Waals surface area contributed by atoms with Crippen LogP contribution in [0.3, 0.4) is 0 Å². The van der Waals surface area contributed by atoms with Gasteiger partial charge >= 0.3 is 6.18 Å². The molecule has 0 saturated carbocycles. The van der Waals surface area contributed by atoms with Crippen LogP contribution in [0.5, 0.6) is 0 Å². The maximum atomic E-state index is 14.1. The third kappa shape index (κ3) is 6.64. The Morgan fingerprint density at radius 2 is 1.76 bits per heavy atom. The summed E-state index contributed by atoms with van der Waals surface area (Å²) in [6.07, 6.45) is -1.29. The van der Waals surface area contributed by atoms with E-state index in [0.29, 0.717) is 30.0 Å². The van der Waals surface area contributed by atoms with Gasteiger partial charge in [0.25, 0.3) is 5.91 Å². The molecule has 4 aromatic rings. The average molecular weight is 575 g/mol. The van der Waals surface area contributed by atoms with Gasteiger partial charge in [0.1, 0.15) is 5.69 Å². The van der Waals surface area contributed by atoms with Crippen LogP contribution < -0.4 is 5.32 Å². The smallest absolute Gasteiger partial charge is 0.322 e. The number of alkyl halides is 3.